The molecule has 0 spiro atoms. The van der Waals surface area contributed by atoms with Gasteiger partial charge in [0.15, 0.2) is 22.2 Å². The molecule has 0 aliphatic carbocycles. The minimum Gasteiger partial charge on any atom is -0.454 e. The van der Waals surface area contributed by atoms with Crippen LogP contribution in [-0.2, 0) is 18.8 Å². The van der Waals surface area contributed by atoms with E-state index in [-0.39, 0.29) is 12.4 Å². The van der Waals surface area contributed by atoms with Gasteiger partial charge < -0.3 is 9.47 Å². The summed E-state index contributed by atoms with van der Waals surface area (Å²) in [4.78, 5) is 18.5. The summed E-state index contributed by atoms with van der Waals surface area (Å²) in [6.07, 6.45) is 0. The van der Waals surface area contributed by atoms with Gasteiger partial charge in [0.05, 0.1) is 12.2 Å². The van der Waals surface area contributed by atoms with Gasteiger partial charge in [0.2, 0.25) is 6.79 Å². The summed E-state index contributed by atoms with van der Waals surface area (Å²) in [5.41, 5.74) is 3.71. The van der Waals surface area contributed by atoms with Crippen LogP contribution in [0.1, 0.15) is 23.7 Å². The van der Waals surface area contributed by atoms with Crippen LogP contribution in [0.2, 0.25) is 5.02 Å². The zero-order valence-corrected chi connectivity index (χ0v) is 19.2. The summed E-state index contributed by atoms with van der Waals surface area (Å²) < 4.78 is 14.3. The maximum absolute atomic E-state index is 13.6. The molecule has 7 nitrogen and oxygen atoms in total. The van der Waals surface area contributed by atoms with Gasteiger partial charge in [-0.2, -0.15) is 5.10 Å². The number of aromatic nitrogens is 4. The SMILES string of the molecule is CCn1nc(C)c2nc(SCc3ccccc3Cl)n(Cc3ccc4c(c3)OCO4)c(=O)c21. The Morgan fingerprint density at radius 1 is 1.16 bits per heavy atom. The standard InChI is InChI=1S/C23H21ClN4O3S/c1-3-28-21-20(14(2)26-28)25-23(32-12-16-6-4-5-7-17(16)24)27(22(21)29)11-15-8-9-18-19(10-15)31-13-30-18/h4-10H,3,11-13H2,1-2H3. The first kappa shape index (κ1) is 20.9. The minimum absolute atomic E-state index is 0.114. The van der Waals surface area contributed by atoms with Gasteiger partial charge in [-0.25, -0.2) is 4.98 Å². The second-order valence-corrected chi connectivity index (χ2v) is 8.80. The summed E-state index contributed by atoms with van der Waals surface area (Å²) in [5.74, 6) is 1.99. The van der Waals surface area contributed by atoms with Crippen molar-refractivity contribution in [2.24, 2.45) is 0 Å². The number of thioether (sulfide) groups is 1. The third-order valence-electron chi connectivity index (χ3n) is 5.37. The Hall–Kier alpha value is -2.97. The molecule has 0 unspecified atom stereocenters. The molecule has 9 heteroatoms. The number of fused-ring (bicyclic) bond motifs is 2. The molecule has 4 aromatic rings. The number of benzene rings is 2. The largest absolute Gasteiger partial charge is 0.454 e. The third kappa shape index (κ3) is 3.73. The molecule has 32 heavy (non-hydrogen) atoms. The Morgan fingerprint density at radius 3 is 2.78 bits per heavy atom. The number of nitrogens with zero attached hydrogens (tertiary/aromatic N) is 4. The zero-order chi connectivity index (χ0) is 22.2. The summed E-state index contributed by atoms with van der Waals surface area (Å²) in [7, 11) is 0. The van der Waals surface area contributed by atoms with E-state index < -0.39 is 0 Å². The van der Waals surface area contributed by atoms with Crippen LogP contribution in [-0.4, -0.2) is 26.1 Å². The van der Waals surface area contributed by atoms with Gasteiger partial charge in [0, 0.05) is 17.3 Å². The molecular formula is C23H21ClN4O3S. The fourth-order valence-electron chi connectivity index (χ4n) is 3.75. The van der Waals surface area contributed by atoms with Crippen molar-refractivity contribution in [2.45, 2.75) is 37.8 Å². The second kappa shape index (κ2) is 8.52. The first-order chi connectivity index (χ1) is 15.5. The van der Waals surface area contributed by atoms with E-state index in [1.807, 2.05) is 56.3 Å². The van der Waals surface area contributed by atoms with E-state index in [9.17, 15) is 4.79 Å². The van der Waals surface area contributed by atoms with Crippen LogP contribution in [0.25, 0.3) is 11.0 Å². The van der Waals surface area contributed by atoms with E-state index in [1.54, 1.807) is 9.25 Å². The first-order valence-electron chi connectivity index (χ1n) is 10.3. The van der Waals surface area contributed by atoms with E-state index in [2.05, 4.69) is 5.10 Å². The Kier molecular flexibility index (Phi) is 5.57. The lowest BCUT2D eigenvalue weighted by Gasteiger charge is -2.13. The monoisotopic (exact) mass is 468 g/mol. The van der Waals surface area contributed by atoms with Gasteiger partial charge in [0.1, 0.15) is 5.52 Å². The molecule has 2 aromatic carbocycles. The molecule has 0 saturated carbocycles. The smallest absolute Gasteiger partial charge is 0.280 e. The highest BCUT2D eigenvalue weighted by molar-refractivity contribution is 7.98. The summed E-state index contributed by atoms with van der Waals surface area (Å²) in [6.45, 7) is 5.01. The molecule has 0 atom stereocenters. The zero-order valence-electron chi connectivity index (χ0n) is 17.7. The molecule has 0 fully saturated rings. The molecule has 1 aliphatic heterocycles. The molecule has 3 heterocycles. The predicted molar refractivity (Wildman–Crippen MR) is 125 cm³/mol. The van der Waals surface area contributed by atoms with Gasteiger partial charge in [-0.1, -0.05) is 47.6 Å². The van der Waals surface area contributed by atoms with Crippen molar-refractivity contribution in [3.05, 3.63) is 74.7 Å². The first-order valence-corrected chi connectivity index (χ1v) is 11.6. The number of hydrogen-bond acceptors (Lipinski definition) is 6. The predicted octanol–water partition coefficient (Wildman–Crippen LogP) is 4.64. The number of hydrogen-bond donors (Lipinski definition) is 0. The van der Waals surface area contributed by atoms with Crippen molar-refractivity contribution in [1.82, 2.24) is 19.3 Å². The average molecular weight is 469 g/mol. The van der Waals surface area contributed by atoms with Crippen LogP contribution < -0.4 is 15.0 Å². The van der Waals surface area contributed by atoms with Crippen LogP contribution in [0.5, 0.6) is 11.5 Å². The number of ether oxygens (including phenoxy) is 2. The maximum Gasteiger partial charge on any atom is 0.280 e. The maximum atomic E-state index is 13.6. The van der Waals surface area contributed by atoms with Crippen LogP contribution in [0.4, 0.5) is 0 Å². The molecule has 5 rings (SSSR count). The van der Waals surface area contributed by atoms with Crippen molar-refractivity contribution in [1.29, 1.82) is 0 Å². The molecule has 2 aromatic heterocycles. The highest BCUT2D eigenvalue weighted by Crippen LogP contribution is 2.33. The summed E-state index contributed by atoms with van der Waals surface area (Å²) in [6, 6.07) is 13.4. The van der Waals surface area contributed by atoms with Gasteiger partial charge in [-0.15, -0.1) is 0 Å². The average Bonchev–Trinajstić information content (AvgIpc) is 3.39. The van der Waals surface area contributed by atoms with Crippen molar-refractivity contribution in [3.8, 4) is 11.5 Å². The fraction of sp³-hybridized carbons (Fsp3) is 0.261. The number of rotatable bonds is 6. The Labute approximate surface area is 193 Å². The Morgan fingerprint density at radius 2 is 1.97 bits per heavy atom. The van der Waals surface area contributed by atoms with Crippen molar-refractivity contribution >= 4 is 34.4 Å². The quantitative estimate of drug-likeness (QED) is 0.303. The second-order valence-electron chi connectivity index (χ2n) is 7.45. The van der Waals surface area contributed by atoms with Crippen molar-refractivity contribution < 1.29 is 9.47 Å². The van der Waals surface area contributed by atoms with Gasteiger partial charge in [0.25, 0.3) is 5.56 Å². The molecule has 0 amide bonds. The Balaban J connectivity index is 1.59. The van der Waals surface area contributed by atoms with E-state index in [1.165, 1.54) is 11.8 Å². The van der Waals surface area contributed by atoms with E-state index in [0.29, 0.717) is 51.6 Å². The van der Waals surface area contributed by atoms with Gasteiger partial charge in [-0.05, 0) is 43.2 Å². The molecular weight excluding hydrogens is 448 g/mol. The molecule has 0 bridgehead atoms. The molecule has 1 aliphatic rings. The highest BCUT2D eigenvalue weighted by atomic mass is 35.5. The van der Waals surface area contributed by atoms with Crippen LogP contribution in [0.15, 0.2) is 52.4 Å². The highest BCUT2D eigenvalue weighted by Gasteiger charge is 2.20. The number of aryl methyl sites for hydroxylation is 2. The molecule has 0 saturated heterocycles. The molecule has 0 radical (unpaired) electrons. The molecule has 0 N–H and O–H groups in total. The van der Waals surface area contributed by atoms with E-state index in [4.69, 9.17) is 26.1 Å². The molecule has 164 valence electrons. The minimum atomic E-state index is -0.114. The lowest BCUT2D eigenvalue weighted by Crippen LogP contribution is -2.25. The summed E-state index contributed by atoms with van der Waals surface area (Å²) >= 11 is 7.83. The summed E-state index contributed by atoms with van der Waals surface area (Å²) in [5, 5.41) is 5.83. The van der Waals surface area contributed by atoms with Crippen LogP contribution in [0.3, 0.4) is 0 Å². The van der Waals surface area contributed by atoms with Crippen LogP contribution in [0, 0.1) is 6.92 Å². The van der Waals surface area contributed by atoms with Crippen molar-refractivity contribution in [3.63, 3.8) is 0 Å². The third-order valence-corrected chi connectivity index (χ3v) is 6.77. The van der Waals surface area contributed by atoms with Crippen LogP contribution >= 0.6 is 23.4 Å². The Bertz CT molecular complexity index is 1380. The lowest BCUT2D eigenvalue weighted by atomic mass is 10.2. The van der Waals surface area contributed by atoms with Crippen molar-refractivity contribution in [2.75, 3.05) is 6.79 Å². The topological polar surface area (TPSA) is 71.2 Å². The number of halogens is 1. The van der Waals surface area contributed by atoms with Gasteiger partial charge >= 0.3 is 0 Å². The van der Waals surface area contributed by atoms with E-state index >= 15 is 0 Å². The van der Waals surface area contributed by atoms with Gasteiger partial charge in [-0.3, -0.25) is 14.0 Å². The normalized spacial score (nSPS) is 12.6. The fourth-order valence-corrected chi connectivity index (χ4v) is 5.02. The lowest BCUT2D eigenvalue weighted by molar-refractivity contribution is 0.174. The van der Waals surface area contributed by atoms with E-state index in [0.717, 1.165) is 16.8 Å².